The lowest BCUT2D eigenvalue weighted by molar-refractivity contribution is 0.141. The van der Waals surface area contributed by atoms with E-state index in [-0.39, 0.29) is 0 Å². The Morgan fingerprint density at radius 2 is 2.12 bits per heavy atom. The molecule has 0 heterocycles. The van der Waals surface area contributed by atoms with Gasteiger partial charge in [-0.3, -0.25) is 0 Å². The van der Waals surface area contributed by atoms with Gasteiger partial charge in [0.25, 0.3) is 0 Å². The number of rotatable bonds is 5. The second kappa shape index (κ2) is 5.08. The van der Waals surface area contributed by atoms with Crippen molar-refractivity contribution in [3.8, 4) is 0 Å². The molecule has 2 rings (SSSR count). The van der Waals surface area contributed by atoms with Crippen LogP contribution in [0.1, 0.15) is 59.3 Å². The van der Waals surface area contributed by atoms with Gasteiger partial charge >= 0.3 is 0 Å². The van der Waals surface area contributed by atoms with E-state index in [4.69, 9.17) is 0 Å². The molecule has 2 fully saturated rings. The summed E-state index contributed by atoms with van der Waals surface area (Å²) in [5.74, 6) is 2.93. The first-order valence-corrected chi connectivity index (χ1v) is 7.41. The standard InChI is InChI=1S/C15H29N/c1-4-9-16-11-13-10-15(13)8-6-5-7-14(15)12(2)3/h12-14,16H,4-11H2,1-3H3. The summed E-state index contributed by atoms with van der Waals surface area (Å²) < 4.78 is 0. The van der Waals surface area contributed by atoms with E-state index in [0.29, 0.717) is 0 Å². The molecule has 0 aliphatic heterocycles. The van der Waals surface area contributed by atoms with Gasteiger partial charge in [-0.1, -0.05) is 33.6 Å². The predicted octanol–water partition coefficient (Wildman–Crippen LogP) is 3.84. The molecule has 1 heteroatoms. The molecular formula is C15H29N. The molecule has 0 radical (unpaired) electrons. The van der Waals surface area contributed by atoms with Crippen molar-refractivity contribution in [2.24, 2.45) is 23.2 Å². The van der Waals surface area contributed by atoms with E-state index in [1.165, 1.54) is 51.6 Å². The summed E-state index contributed by atoms with van der Waals surface area (Å²) in [6.45, 7) is 9.63. The Kier molecular flexibility index (Phi) is 3.94. The van der Waals surface area contributed by atoms with E-state index < -0.39 is 0 Å². The molecule has 94 valence electrons. The molecule has 2 aliphatic rings. The fraction of sp³-hybridized carbons (Fsp3) is 1.00. The van der Waals surface area contributed by atoms with Gasteiger partial charge in [-0.15, -0.1) is 0 Å². The molecule has 1 nitrogen and oxygen atoms in total. The van der Waals surface area contributed by atoms with E-state index >= 15 is 0 Å². The van der Waals surface area contributed by atoms with Gasteiger partial charge in [0.05, 0.1) is 0 Å². The average Bonchev–Trinajstić information content (AvgIpc) is 2.92. The molecule has 0 aromatic carbocycles. The molecule has 0 bridgehead atoms. The molecule has 0 saturated heterocycles. The van der Waals surface area contributed by atoms with Crippen molar-refractivity contribution >= 4 is 0 Å². The van der Waals surface area contributed by atoms with E-state index in [1.807, 2.05) is 0 Å². The van der Waals surface area contributed by atoms with Crippen LogP contribution in [-0.4, -0.2) is 13.1 Å². The smallest absolute Gasteiger partial charge is 0.00149 e. The Bertz CT molecular complexity index is 223. The Morgan fingerprint density at radius 3 is 2.81 bits per heavy atom. The minimum Gasteiger partial charge on any atom is -0.316 e. The van der Waals surface area contributed by atoms with E-state index in [1.54, 1.807) is 0 Å². The minimum absolute atomic E-state index is 0.771. The lowest BCUT2D eigenvalue weighted by Crippen LogP contribution is -2.30. The molecule has 3 atom stereocenters. The van der Waals surface area contributed by atoms with Crippen LogP contribution in [0, 0.1) is 23.2 Å². The molecular weight excluding hydrogens is 194 g/mol. The van der Waals surface area contributed by atoms with Crippen molar-refractivity contribution in [3.05, 3.63) is 0 Å². The molecule has 0 aromatic rings. The Labute approximate surface area is 101 Å². The van der Waals surface area contributed by atoms with Crippen molar-refractivity contribution in [1.82, 2.24) is 5.32 Å². The van der Waals surface area contributed by atoms with Gasteiger partial charge in [-0.25, -0.2) is 0 Å². The minimum atomic E-state index is 0.771. The van der Waals surface area contributed by atoms with E-state index in [0.717, 1.165) is 23.2 Å². The lowest BCUT2D eigenvalue weighted by atomic mass is 9.70. The van der Waals surface area contributed by atoms with Crippen LogP contribution in [0.15, 0.2) is 0 Å². The summed E-state index contributed by atoms with van der Waals surface area (Å²) in [7, 11) is 0. The maximum absolute atomic E-state index is 3.63. The highest BCUT2D eigenvalue weighted by molar-refractivity contribution is 5.08. The SMILES string of the molecule is CCCNCC1CC12CCCCC2C(C)C. The van der Waals surface area contributed by atoms with Crippen LogP contribution < -0.4 is 5.32 Å². The van der Waals surface area contributed by atoms with Gasteiger partial charge in [0.1, 0.15) is 0 Å². The zero-order chi connectivity index (χ0) is 11.6. The topological polar surface area (TPSA) is 12.0 Å². The monoisotopic (exact) mass is 223 g/mol. The van der Waals surface area contributed by atoms with Gasteiger partial charge in [0.2, 0.25) is 0 Å². The van der Waals surface area contributed by atoms with Gasteiger partial charge in [0.15, 0.2) is 0 Å². The summed E-state index contributed by atoms with van der Waals surface area (Å²) >= 11 is 0. The third-order valence-corrected chi connectivity index (χ3v) is 5.05. The van der Waals surface area contributed by atoms with Gasteiger partial charge in [-0.2, -0.15) is 0 Å². The van der Waals surface area contributed by atoms with Crippen molar-refractivity contribution in [3.63, 3.8) is 0 Å². The average molecular weight is 223 g/mol. The van der Waals surface area contributed by atoms with Crippen LogP contribution in [0.2, 0.25) is 0 Å². The van der Waals surface area contributed by atoms with Crippen LogP contribution in [-0.2, 0) is 0 Å². The fourth-order valence-corrected chi connectivity index (χ4v) is 4.18. The second-order valence-electron chi connectivity index (χ2n) is 6.43. The maximum atomic E-state index is 3.63. The summed E-state index contributed by atoms with van der Waals surface area (Å²) in [5.41, 5.74) is 0.771. The fourth-order valence-electron chi connectivity index (χ4n) is 4.18. The molecule has 3 unspecified atom stereocenters. The molecule has 1 spiro atoms. The first-order valence-electron chi connectivity index (χ1n) is 7.41. The first kappa shape index (κ1) is 12.4. The van der Waals surface area contributed by atoms with E-state index in [9.17, 15) is 0 Å². The Balaban J connectivity index is 1.87. The van der Waals surface area contributed by atoms with Crippen molar-refractivity contribution in [2.75, 3.05) is 13.1 Å². The third kappa shape index (κ3) is 2.30. The van der Waals surface area contributed by atoms with Crippen LogP contribution in [0.25, 0.3) is 0 Å². The zero-order valence-electron chi connectivity index (χ0n) is 11.4. The third-order valence-electron chi connectivity index (χ3n) is 5.05. The summed E-state index contributed by atoms with van der Waals surface area (Å²) in [6.07, 6.45) is 8.79. The molecule has 1 N–H and O–H groups in total. The van der Waals surface area contributed by atoms with Gasteiger partial charge in [-0.05, 0) is 61.9 Å². The molecule has 0 aromatic heterocycles. The van der Waals surface area contributed by atoms with Crippen molar-refractivity contribution in [1.29, 1.82) is 0 Å². The summed E-state index contributed by atoms with van der Waals surface area (Å²) in [6, 6.07) is 0. The number of hydrogen-bond acceptors (Lipinski definition) is 1. The molecule has 16 heavy (non-hydrogen) atoms. The Hall–Kier alpha value is -0.0400. The van der Waals surface area contributed by atoms with Crippen LogP contribution in [0.3, 0.4) is 0 Å². The molecule has 2 saturated carbocycles. The van der Waals surface area contributed by atoms with Crippen molar-refractivity contribution < 1.29 is 0 Å². The second-order valence-corrected chi connectivity index (χ2v) is 6.43. The lowest BCUT2D eigenvalue weighted by Gasteiger charge is -2.36. The van der Waals surface area contributed by atoms with Crippen LogP contribution in [0.4, 0.5) is 0 Å². The van der Waals surface area contributed by atoms with Gasteiger partial charge in [0, 0.05) is 0 Å². The van der Waals surface area contributed by atoms with Crippen LogP contribution in [0.5, 0.6) is 0 Å². The molecule has 0 amide bonds. The largest absolute Gasteiger partial charge is 0.316 e. The normalized spacial score (nSPS) is 38.2. The predicted molar refractivity (Wildman–Crippen MR) is 70.5 cm³/mol. The molecule has 2 aliphatic carbocycles. The van der Waals surface area contributed by atoms with Gasteiger partial charge < -0.3 is 5.32 Å². The highest BCUT2D eigenvalue weighted by Crippen LogP contribution is 2.65. The summed E-state index contributed by atoms with van der Waals surface area (Å²) in [5, 5.41) is 3.63. The first-order chi connectivity index (χ1) is 7.70. The number of hydrogen-bond donors (Lipinski definition) is 1. The quantitative estimate of drug-likeness (QED) is 0.698. The van der Waals surface area contributed by atoms with Crippen molar-refractivity contribution in [2.45, 2.75) is 59.3 Å². The van der Waals surface area contributed by atoms with Crippen LogP contribution >= 0.6 is 0 Å². The highest BCUT2D eigenvalue weighted by atomic mass is 14.9. The number of nitrogens with one attached hydrogen (secondary N) is 1. The Morgan fingerprint density at radius 1 is 1.31 bits per heavy atom. The van der Waals surface area contributed by atoms with E-state index in [2.05, 4.69) is 26.1 Å². The zero-order valence-corrected chi connectivity index (χ0v) is 11.4. The summed E-state index contributed by atoms with van der Waals surface area (Å²) in [4.78, 5) is 0. The maximum Gasteiger partial charge on any atom is -0.00149 e. The highest BCUT2D eigenvalue weighted by Gasteiger charge is 2.58.